The van der Waals surface area contributed by atoms with Crippen LogP contribution in [0.4, 0.5) is 0 Å². The van der Waals surface area contributed by atoms with E-state index in [0.717, 1.165) is 0 Å². The van der Waals surface area contributed by atoms with E-state index in [-0.39, 0.29) is 16.7 Å². The summed E-state index contributed by atoms with van der Waals surface area (Å²) in [6.45, 7) is 5.90. The van der Waals surface area contributed by atoms with Crippen LogP contribution in [0.1, 0.15) is 41.5 Å². The first-order chi connectivity index (χ1) is 7.63. The smallest absolute Gasteiger partial charge is 0.336 e. The van der Waals surface area contributed by atoms with Crippen LogP contribution >= 0.6 is 0 Å². The highest BCUT2D eigenvalue weighted by Gasteiger charge is 2.13. The average Bonchev–Trinajstić information content (AvgIpc) is 2.15. The Hall–Kier alpha value is -1.88. The van der Waals surface area contributed by atoms with E-state index in [2.05, 4.69) is 0 Å². The summed E-state index contributed by atoms with van der Waals surface area (Å²) in [5, 5.41) is 17.1. The molecule has 0 atom stereocenters. The molecule has 0 aliphatic heterocycles. The number of hydrogen-bond acceptors (Lipinski definition) is 3. The number of hydrogen-bond donors (Lipinski definition) is 3. The Morgan fingerprint density at radius 2 is 1.24 bits per heavy atom. The zero-order valence-electron chi connectivity index (χ0n) is 10.1. The van der Waals surface area contributed by atoms with Crippen molar-refractivity contribution < 1.29 is 19.8 Å². The Labute approximate surface area is 99.9 Å². The first-order valence-corrected chi connectivity index (χ1v) is 4.97. The molecule has 0 fully saturated rings. The first kappa shape index (κ1) is 15.1. The maximum Gasteiger partial charge on any atom is 0.336 e. The SMILES string of the molecule is CC(C)(C)N.O=C(O)c1ccccc1C(=O)O. The molecule has 0 aliphatic carbocycles. The molecule has 0 spiro atoms. The van der Waals surface area contributed by atoms with Gasteiger partial charge >= 0.3 is 11.9 Å². The van der Waals surface area contributed by atoms with E-state index < -0.39 is 11.9 Å². The molecule has 0 saturated carbocycles. The Kier molecular flexibility index (Phi) is 5.34. The summed E-state index contributed by atoms with van der Waals surface area (Å²) in [7, 11) is 0. The number of carboxylic acids is 2. The molecule has 1 rings (SSSR count). The zero-order chi connectivity index (χ0) is 13.6. The lowest BCUT2D eigenvalue weighted by molar-refractivity contribution is 0.0651. The highest BCUT2D eigenvalue weighted by molar-refractivity contribution is 6.01. The second-order valence-electron chi connectivity index (χ2n) is 4.52. The van der Waals surface area contributed by atoms with Crippen molar-refractivity contribution in [2.45, 2.75) is 26.3 Å². The minimum Gasteiger partial charge on any atom is -0.478 e. The topological polar surface area (TPSA) is 101 Å². The molecule has 0 bridgehead atoms. The fraction of sp³-hybridized carbons (Fsp3) is 0.333. The molecule has 5 heteroatoms. The molecule has 1 aromatic rings. The fourth-order valence-corrected chi connectivity index (χ4v) is 0.856. The van der Waals surface area contributed by atoms with Crippen LogP contribution in [0.2, 0.25) is 0 Å². The number of carbonyl (C=O) groups is 2. The van der Waals surface area contributed by atoms with Gasteiger partial charge in [-0.05, 0) is 32.9 Å². The molecular weight excluding hydrogens is 222 g/mol. The molecule has 0 saturated heterocycles. The summed E-state index contributed by atoms with van der Waals surface area (Å²) in [6, 6.07) is 5.48. The van der Waals surface area contributed by atoms with Crippen LogP contribution in [-0.4, -0.2) is 27.7 Å². The normalized spacial score (nSPS) is 10.1. The summed E-state index contributed by atoms with van der Waals surface area (Å²) in [6.07, 6.45) is 0. The molecular formula is C12H17NO4. The fourth-order valence-electron chi connectivity index (χ4n) is 0.856. The largest absolute Gasteiger partial charge is 0.478 e. The predicted molar refractivity (Wildman–Crippen MR) is 64.3 cm³/mol. The molecule has 5 nitrogen and oxygen atoms in total. The lowest BCUT2D eigenvalue weighted by atomic mass is 10.1. The highest BCUT2D eigenvalue weighted by Crippen LogP contribution is 2.07. The maximum atomic E-state index is 10.5. The van der Waals surface area contributed by atoms with E-state index in [0.29, 0.717) is 0 Å². The van der Waals surface area contributed by atoms with Crippen molar-refractivity contribution in [3.8, 4) is 0 Å². The van der Waals surface area contributed by atoms with Crippen molar-refractivity contribution in [1.82, 2.24) is 0 Å². The number of carboxylic acid groups (broad SMARTS) is 2. The predicted octanol–water partition coefficient (Wildman–Crippen LogP) is 1.83. The van der Waals surface area contributed by atoms with E-state index >= 15 is 0 Å². The van der Waals surface area contributed by atoms with Crippen LogP contribution in [0.25, 0.3) is 0 Å². The average molecular weight is 239 g/mol. The molecule has 0 heterocycles. The first-order valence-electron chi connectivity index (χ1n) is 4.97. The van der Waals surface area contributed by atoms with Gasteiger partial charge in [-0.2, -0.15) is 0 Å². The van der Waals surface area contributed by atoms with E-state index in [9.17, 15) is 9.59 Å². The summed E-state index contributed by atoms with van der Waals surface area (Å²) in [5.41, 5.74) is 4.97. The third-order valence-electron chi connectivity index (χ3n) is 1.39. The number of rotatable bonds is 2. The maximum absolute atomic E-state index is 10.5. The van der Waals surface area contributed by atoms with Crippen LogP contribution < -0.4 is 5.73 Å². The monoisotopic (exact) mass is 239 g/mol. The van der Waals surface area contributed by atoms with Gasteiger partial charge in [0, 0.05) is 5.54 Å². The lowest BCUT2D eigenvalue weighted by Gasteiger charge is -2.06. The van der Waals surface area contributed by atoms with Gasteiger partial charge in [0.1, 0.15) is 0 Å². The van der Waals surface area contributed by atoms with Crippen molar-refractivity contribution in [2.75, 3.05) is 0 Å². The second-order valence-corrected chi connectivity index (χ2v) is 4.52. The van der Waals surface area contributed by atoms with Gasteiger partial charge in [0.05, 0.1) is 11.1 Å². The van der Waals surface area contributed by atoms with Crippen LogP contribution in [0.3, 0.4) is 0 Å². The minimum absolute atomic E-state index is 0. The van der Waals surface area contributed by atoms with Crippen molar-refractivity contribution in [3.05, 3.63) is 35.4 Å². The minimum atomic E-state index is -1.23. The van der Waals surface area contributed by atoms with Crippen LogP contribution in [-0.2, 0) is 0 Å². The van der Waals surface area contributed by atoms with Crippen LogP contribution in [0, 0.1) is 0 Å². The quantitative estimate of drug-likeness (QED) is 0.730. The Morgan fingerprint density at radius 1 is 1.00 bits per heavy atom. The molecule has 0 aromatic heterocycles. The molecule has 0 radical (unpaired) electrons. The summed E-state index contributed by atoms with van der Waals surface area (Å²) in [4.78, 5) is 20.9. The van der Waals surface area contributed by atoms with Crippen molar-refractivity contribution in [3.63, 3.8) is 0 Å². The van der Waals surface area contributed by atoms with E-state index in [1.807, 2.05) is 20.8 Å². The van der Waals surface area contributed by atoms with Crippen LogP contribution in [0.15, 0.2) is 24.3 Å². The van der Waals surface area contributed by atoms with Gasteiger partial charge in [-0.1, -0.05) is 12.1 Å². The molecule has 0 amide bonds. The highest BCUT2D eigenvalue weighted by atomic mass is 16.4. The molecule has 0 aliphatic rings. The standard InChI is InChI=1S/C8H6O4.C4H11N/c9-7(10)5-3-1-2-4-6(5)8(11)12;1-4(2,3)5/h1-4H,(H,9,10)(H,11,12);5H2,1-3H3. The van der Waals surface area contributed by atoms with Gasteiger partial charge in [-0.3, -0.25) is 0 Å². The second kappa shape index (κ2) is 6.00. The van der Waals surface area contributed by atoms with E-state index in [1.165, 1.54) is 24.3 Å². The number of benzene rings is 1. The van der Waals surface area contributed by atoms with Crippen molar-refractivity contribution in [1.29, 1.82) is 0 Å². The van der Waals surface area contributed by atoms with Gasteiger partial charge in [-0.15, -0.1) is 0 Å². The van der Waals surface area contributed by atoms with E-state index in [1.54, 1.807) is 0 Å². The molecule has 94 valence electrons. The van der Waals surface area contributed by atoms with E-state index in [4.69, 9.17) is 15.9 Å². The molecule has 4 N–H and O–H groups in total. The molecule has 0 unspecified atom stereocenters. The van der Waals surface area contributed by atoms with Gasteiger partial charge in [0.2, 0.25) is 0 Å². The third-order valence-corrected chi connectivity index (χ3v) is 1.39. The van der Waals surface area contributed by atoms with Crippen molar-refractivity contribution >= 4 is 11.9 Å². The van der Waals surface area contributed by atoms with Gasteiger partial charge in [0.15, 0.2) is 0 Å². The zero-order valence-corrected chi connectivity index (χ0v) is 10.1. The Morgan fingerprint density at radius 3 is 1.41 bits per heavy atom. The van der Waals surface area contributed by atoms with Gasteiger partial charge in [0.25, 0.3) is 0 Å². The Balaban J connectivity index is 0.000000437. The number of nitrogens with two attached hydrogens (primary N) is 1. The molecule has 1 aromatic carbocycles. The summed E-state index contributed by atoms with van der Waals surface area (Å²) >= 11 is 0. The van der Waals surface area contributed by atoms with Crippen LogP contribution in [0.5, 0.6) is 0 Å². The number of aromatic carboxylic acids is 2. The third kappa shape index (κ3) is 7.08. The molecule has 17 heavy (non-hydrogen) atoms. The Bertz CT molecular complexity index is 368. The summed E-state index contributed by atoms with van der Waals surface area (Å²) < 4.78 is 0. The van der Waals surface area contributed by atoms with Crippen molar-refractivity contribution in [2.24, 2.45) is 5.73 Å². The lowest BCUT2D eigenvalue weighted by Crippen LogP contribution is -2.26. The van der Waals surface area contributed by atoms with Gasteiger partial charge in [-0.25, -0.2) is 9.59 Å². The van der Waals surface area contributed by atoms with Gasteiger partial charge < -0.3 is 15.9 Å². The summed E-state index contributed by atoms with van der Waals surface area (Å²) in [5.74, 6) is -2.46.